The predicted octanol–water partition coefficient (Wildman–Crippen LogP) is 2.12. The van der Waals surface area contributed by atoms with Crippen LogP contribution in [0, 0.1) is 5.92 Å². The minimum atomic E-state index is -0.659. The number of carbonyl (C=O) groups excluding carboxylic acids is 3. The summed E-state index contributed by atoms with van der Waals surface area (Å²) >= 11 is 0. The number of hydrazine groups is 1. The number of methoxy groups -OCH3 is 1. The first kappa shape index (κ1) is 20.7. The minimum absolute atomic E-state index is 0.153. The van der Waals surface area contributed by atoms with Gasteiger partial charge in [0.25, 0.3) is 0 Å². The summed E-state index contributed by atoms with van der Waals surface area (Å²) in [7, 11) is 1.33. The Morgan fingerprint density at radius 1 is 1.22 bits per heavy atom. The van der Waals surface area contributed by atoms with Crippen molar-refractivity contribution in [3.05, 3.63) is 30.3 Å². The van der Waals surface area contributed by atoms with Gasteiger partial charge < -0.3 is 9.64 Å². The Morgan fingerprint density at radius 2 is 1.89 bits per heavy atom. The van der Waals surface area contributed by atoms with Gasteiger partial charge in [-0.25, -0.2) is 4.79 Å². The minimum Gasteiger partial charge on any atom is -0.467 e. The van der Waals surface area contributed by atoms with E-state index in [4.69, 9.17) is 4.74 Å². The average molecular weight is 375 g/mol. The van der Waals surface area contributed by atoms with Gasteiger partial charge in [0, 0.05) is 13.0 Å². The third kappa shape index (κ3) is 5.21. The molecule has 1 heterocycles. The molecule has 1 N–H and O–H groups in total. The van der Waals surface area contributed by atoms with Crippen LogP contribution in [0.1, 0.15) is 40.0 Å². The molecule has 1 aliphatic rings. The van der Waals surface area contributed by atoms with Crippen molar-refractivity contribution in [2.24, 2.45) is 5.92 Å². The van der Waals surface area contributed by atoms with E-state index < -0.39 is 18.1 Å². The van der Waals surface area contributed by atoms with Crippen molar-refractivity contribution in [3.63, 3.8) is 0 Å². The van der Waals surface area contributed by atoms with E-state index in [-0.39, 0.29) is 17.7 Å². The Kier molecular flexibility index (Phi) is 7.21. The Morgan fingerprint density at radius 3 is 2.48 bits per heavy atom. The van der Waals surface area contributed by atoms with Crippen molar-refractivity contribution in [1.82, 2.24) is 10.3 Å². The molecule has 27 heavy (non-hydrogen) atoms. The SMILES string of the molecule is COC(=O)[C@@H]1CCCN1C(=O)[C@H](C)N(NC(=O)CC(C)C)c1ccccc1. The molecular formula is C20H29N3O4. The van der Waals surface area contributed by atoms with E-state index in [1.165, 1.54) is 7.11 Å². The lowest BCUT2D eigenvalue weighted by Gasteiger charge is -2.34. The number of para-hydroxylation sites is 1. The number of carbonyl (C=O) groups is 3. The summed E-state index contributed by atoms with van der Waals surface area (Å²) in [6.07, 6.45) is 1.71. The topological polar surface area (TPSA) is 79.0 Å². The molecule has 2 rings (SSSR count). The van der Waals surface area contributed by atoms with E-state index in [9.17, 15) is 14.4 Å². The first-order chi connectivity index (χ1) is 12.8. The number of rotatable bonds is 7. The number of hydrogen-bond acceptors (Lipinski definition) is 5. The zero-order valence-corrected chi connectivity index (χ0v) is 16.5. The molecule has 1 aromatic carbocycles. The summed E-state index contributed by atoms with van der Waals surface area (Å²) in [5.74, 6) is -0.560. The van der Waals surface area contributed by atoms with E-state index in [0.717, 1.165) is 6.42 Å². The summed E-state index contributed by atoms with van der Waals surface area (Å²) in [4.78, 5) is 39.0. The van der Waals surface area contributed by atoms with E-state index in [0.29, 0.717) is 25.1 Å². The van der Waals surface area contributed by atoms with Crippen molar-refractivity contribution in [2.75, 3.05) is 18.7 Å². The summed E-state index contributed by atoms with van der Waals surface area (Å²) in [6.45, 7) is 6.17. The molecule has 1 saturated heterocycles. The van der Waals surface area contributed by atoms with Crippen molar-refractivity contribution in [1.29, 1.82) is 0 Å². The molecule has 1 aliphatic heterocycles. The van der Waals surface area contributed by atoms with Crippen LogP contribution in [0.4, 0.5) is 5.69 Å². The van der Waals surface area contributed by atoms with Gasteiger partial charge in [0.15, 0.2) is 0 Å². The molecule has 148 valence electrons. The highest BCUT2D eigenvalue weighted by Gasteiger charge is 2.38. The zero-order valence-electron chi connectivity index (χ0n) is 16.5. The highest BCUT2D eigenvalue weighted by molar-refractivity contribution is 5.91. The van der Waals surface area contributed by atoms with Crippen LogP contribution in [0.25, 0.3) is 0 Å². The lowest BCUT2D eigenvalue weighted by atomic mass is 10.1. The Hall–Kier alpha value is -2.57. The Balaban J connectivity index is 2.22. The average Bonchev–Trinajstić information content (AvgIpc) is 3.14. The summed E-state index contributed by atoms with van der Waals surface area (Å²) in [6, 6.07) is 8.02. The second-order valence-corrected chi connectivity index (χ2v) is 7.23. The van der Waals surface area contributed by atoms with Crippen LogP contribution < -0.4 is 10.4 Å². The fraction of sp³-hybridized carbons (Fsp3) is 0.550. The van der Waals surface area contributed by atoms with Gasteiger partial charge in [-0.15, -0.1) is 0 Å². The third-order valence-corrected chi connectivity index (χ3v) is 4.63. The zero-order chi connectivity index (χ0) is 20.0. The van der Waals surface area contributed by atoms with Crippen molar-refractivity contribution >= 4 is 23.5 Å². The van der Waals surface area contributed by atoms with Crippen LogP contribution in [0.3, 0.4) is 0 Å². The monoisotopic (exact) mass is 375 g/mol. The van der Waals surface area contributed by atoms with Gasteiger partial charge in [0.2, 0.25) is 11.8 Å². The quantitative estimate of drug-likeness (QED) is 0.583. The maximum atomic E-state index is 13.1. The second kappa shape index (κ2) is 9.39. The number of anilines is 1. The molecule has 0 radical (unpaired) electrons. The van der Waals surface area contributed by atoms with Crippen LogP contribution in [0.5, 0.6) is 0 Å². The third-order valence-electron chi connectivity index (χ3n) is 4.63. The number of benzene rings is 1. The number of ether oxygens (including phenoxy) is 1. The van der Waals surface area contributed by atoms with Gasteiger partial charge in [0.1, 0.15) is 12.1 Å². The summed E-state index contributed by atoms with van der Waals surface area (Å²) in [5.41, 5.74) is 3.57. The van der Waals surface area contributed by atoms with E-state index in [1.54, 1.807) is 16.8 Å². The summed E-state index contributed by atoms with van der Waals surface area (Å²) < 4.78 is 4.83. The van der Waals surface area contributed by atoms with Crippen LogP contribution in [-0.2, 0) is 19.1 Å². The molecule has 1 fully saturated rings. The first-order valence-corrected chi connectivity index (χ1v) is 9.37. The number of hydrogen-bond donors (Lipinski definition) is 1. The van der Waals surface area contributed by atoms with Crippen LogP contribution >= 0.6 is 0 Å². The van der Waals surface area contributed by atoms with E-state index in [2.05, 4.69) is 5.43 Å². The molecular weight excluding hydrogens is 346 g/mol. The first-order valence-electron chi connectivity index (χ1n) is 9.37. The normalized spacial score (nSPS) is 17.5. The molecule has 2 amide bonds. The van der Waals surface area contributed by atoms with Crippen LogP contribution in [0.2, 0.25) is 0 Å². The van der Waals surface area contributed by atoms with E-state index >= 15 is 0 Å². The standard InChI is InChI=1S/C20H29N3O4/c1-14(2)13-18(24)21-23(16-9-6-5-7-10-16)15(3)19(25)22-12-8-11-17(22)20(26)27-4/h5-7,9-10,14-15,17H,8,11-13H2,1-4H3,(H,21,24)/t15-,17-/m0/s1. The number of likely N-dealkylation sites (tertiary alicyclic amines) is 1. The van der Waals surface area contributed by atoms with Gasteiger partial charge in [-0.1, -0.05) is 32.0 Å². The molecule has 0 unspecified atom stereocenters. The molecule has 1 aromatic rings. The molecule has 7 heteroatoms. The Bertz CT molecular complexity index is 662. The smallest absolute Gasteiger partial charge is 0.328 e. The summed E-state index contributed by atoms with van der Waals surface area (Å²) in [5, 5.41) is 1.58. The van der Waals surface area contributed by atoms with Gasteiger partial charge in [0.05, 0.1) is 12.8 Å². The highest BCUT2D eigenvalue weighted by atomic mass is 16.5. The van der Waals surface area contributed by atoms with Crippen molar-refractivity contribution < 1.29 is 19.1 Å². The van der Waals surface area contributed by atoms with Gasteiger partial charge in [-0.05, 0) is 37.8 Å². The molecule has 7 nitrogen and oxygen atoms in total. The number of esters is 1. The lowest BCUT2D eigenvalue weighted by Crippen LogP contribution is -2.56. The fourth-order valence-corrected chi connectivity index (χ4v) is 3.29. The van der Waals surface area contributed by atoms with E-state index in [1.807, 2.05) is 44.2 Å². The fourth-order valence-electron chi connectivity index (χ4n) is 3.29. The molecule has 0 aliphatic carbocycles. The second-order valence-electron chi connectivity index (χ2n) is 7.23. The molecule has 2 atom stereocenters. The number of amides is 2. The maximum Gasteiger partial charge on any atom is 0.328 e. The van der Waals surface area contributed by atoms with Gasteiger partial charge in [-0.3, -0.25) is 20.0 Å². The van der Waals surface area contributed by atoms with Crippen molar-refractivity contribution in [2.45, 2.75) is 52.1 Å². The van der Waals surface area contributed by atoms with Gasteiger partial charge >= 0.3 is 5.97 Å². The predicted molar refractivity (Wildman–Crippen MR) is 103 cm³/mol. The largest absolute Gasteiger partial charge is 0.467 e. The molecule has 0 bridgehead atoms. The Labute approximate surface area is 160 Å². The maximum absolute atomic E-state index is 13.1. The molecule has 0 aromatic heterocycles. The van der Waals surface area contributed by atoms with Crippen LogP contribution in [0.15, 0.2) is 30.3 Å². The lowest BCUT2D eigenvalue weighted by molar-refractivity contribution is -0.151. The molecule has 0 saturated carbocycles. The van der Waals surface area contributed by atoms with Crippen LogP contribution in [-0.4, -0.2) is 48.4 Å². The number of nitrogens with zero attached hydrogens (tertiary/aromatic N) is 2. The highest BCUT2D eigenvalue weighted by Crippen LogP contribution is 2.22. The number of nitrogens with one attached hydrogen (secondary N) is 1. The molecule has 0 spiro atoms. The van der Waals surface area contributed by atoms with Gasteiger partial charge in [-0.2, -0.15) is 0 Å². The van der Waals surface area contributed by atoms with Crippen molar-refractivity contribution in [3.8, 4) is 0 Å².